The van der Waals surface area contributed by atoms with Gasteiger partial charge in [-0.2, -0.15) is 0 Å². The number of epoxide rings is 1. The largest absolute Gasteiger partial charge is 0.504 e. The molecule has 0 bridgehead atoms. The predicted octanol–water partition coefficient (Wildman–Crippen LogP) is 8.26. The average molecular weight is 794 g/mol. The lowest BCUT2D eigenvalue weighted by Crippen LogP contribution is -2.06. The number of carbonyl (C=O) groups excluding carboxylic acids is 2. The van der Waals surface area contributed by atoms with E-state index in [9.17, 15) is 9.59 Å². The average Bonchev–Trinajstić information content (AvgIpc) is 3.98. The fourth-order valence-corrected chi connectivity index (χ4v) is 5.07. The maximum atomic E-state index is 10.8. The van der Waals surface area contributed by atoms with E-state index in [2.05, 4.69) is 4.74 Å². The minimum Gasteiger partial charge on any atom is -0.504 e. The summed E-state index contributed by atoms with van der Waals surface area (Å²) >= 11 is 12.2. The number of alkyl halides is 2. The summed E-state index contributed by atoms with van der Waals surface area (Å²) in [4.78, 5) is 21.3. The molecule has 2 aliphatic carbocycles. The van der Waals surface area contributed by atoms with E-state index in [1.54, 1.807) is 0 Å². The van der Waals surface area contributed by atoms with E-state index in [4.69, 9.17) is 56.4 Å². The summed E-state index contributed by atoms with van der Waals surface area (Å²) in [5, 5.41) is 8.44. The first kappa shape index (κ1) is 54.1. The Morgan fingerprint density at radius 1 is 0.633 bits per heavy atom. The Hall–Kier alpha value is 0.715. The molecule has 0 amide bonds. The molecule has 0 radical (unpaired) electrons. The second kappa shape index (κ2) is 53.1. The van der Waals surface area contributed by atoms with Crippen LogP contribution in [-0.2, 0) is 32.3 Å². The quantitative estimate of drug-likeness (QED) is 0.0693. The first-order valence-corrected chi connectivity index (χ1v) is 24.1. The summed E-state index contributed by atoms with van der Waals surface area (Å²) in [5.74, 6) is 0.694. The molecule has 292 valence electrons. The van der Waals surface area contributed by atoms with Crippen LogP contribution in [0.2, 0.25) is 0 Å². The van der Waals surface area contributed by atoms with Gasteiger partial charge in [0.1, 0.15) is 6.61 Å². The first-order chi connectivity index (χ1) is 24.1. The molecule has 8 nitrogen and oxygen atoms in total. The summed E-state index contributed by atoms with van der Waals surface area (Å²) in [6.07, 6.45) is 30.7. The minimum absolute atomic E-state index is 0.0255. The number of esters is 2. The van der Waals surface area contributed by atoms with E-state index >= 15 is 0 Å². The molecule has 0 aromatic carbocycles. The number of hydrogen-bond acceptors (Lipinski definition) is 8. The molecule has 2 saturated heterocycles. The van der Waals surface area contributed by atoms with E-state index in [-0.39, 0.29) is 18.5 Å². The van der Waals surface area contributed by atoms with Crippen molar-refractivity contribution in [1.29, 1.82) is 0 Å². The maximum absolute atomic E-state index is 10.8. The van der Waals surface area contributed by atoms with Gasteiger partial charge in [0.05, 0.1) is 38.9 Å². The van der Waals surface area contributed by atoms with Crippen molar-refractivity contribution in [2.24, 2.45) is 0 Å². The van der Waals surface area contributed by atoms with Crippen LogP contribution in [0.3, 0.4) is 0 Å². The molecule has 0 atom stereocenters. The number of unbranched alkanes of at least 4 members (excludes halogenated alkanes) is 2. The summed E-state index contributed by atoms with van der Waals surface area (Å²) in [5.41, 5.74) is 0. The number of cyclic esters (lactones) is 1. The zero-order valence-electron chi connectivity index (χ0n) is 31.5. The highest BCUT2D eigenvalue weighted by Gasteiger charge is 2.05. The maximum Gasteiger partial charge on any atom is 0.410 e. The van der Waals surface area contributed by atoms with Crippen molar-refractivity contribution < 1.29 is 37.4 Å². The van der Waals surface area contributed by atoms with Crippen LogP contribution in [-0.4, -0.2) is 114 Å². The second-order valence-electron chi connectivity index (χ2n) is 12.0. The number of carbonyl (C=O) groups is 2. The van der Waals surface area contributed by atoms with Gasteiger partial charge in [0.15, 0.2) is 0 Å². The van der Waals surface area contributed by atoms with Gasteiger partial charge in [0.2, 0.25) is 0 Å². The Labute approximate surface area is 331 Å². The van der Waals surface area contributed by atoms with E-state index in [0.29, 0.717) is 57.6 Å². The highest BCUT2D eigenvalue weighted by molar-refractivity contribution is 6.80. The summed E-state index contributed by atoms with van der Waals surface area (Å²) in [7, 11) is 4.78. The van der Waals surface area contributed by atoms with Crippen LogP contribution in [0.15, 0.2) is 0 Å². The molecule has 0 aromatic rings. The molecule has 4 aliphatic rings. The Morgan fingerprint density at radius 3 is 1.47 bits per heavy atom. The molecular formula is C36H73Al2Cl3O8. The van der Waals surface area contributed by atoms with Crippen molar-refractivity contribution in [1.82, 2.24) is 0 Å². The number of halogens is 3. The highest BCUT2D eigenvalue weighted by Crippen LogP contribution is 2.16. The van der Waals surface area contributed by atoms with E-state index in [0.717, 1.165) is 83.7 Å². The van der Waals surface area contributed by atoms with E-state index in [1.807, 2.05) is 0 Å². The van der Waals surface area contributed by atoms with E-state index in [1.165, 1.54) is 103 Å². The van der Waals surface area contributed by atoms with Crippen molar-refractivity contribution in [3.05, 3.63) is 0 Å². The van der Waals surface area contributed by atoms with Gasteiger partial charge in [0, 0.05) is 31.9 Å². The topological polar surface area (TPSA) is 104 Å². The van der Waals surface area contributed by atoms with Gasteiger partial charge in [-0.3, -0.25) is 19.6 Å². The van der Waals surface area contributed by atoms with Crippen molar-refractivity contribution >= 4 is 77.2 Å². The molecule has 0 unspecified atom stereocenters. The lowest BCUT2D eigenvalue weighted by molar-refractivity contribution is -0.143. The molecular weight excluding hydrogens is 721 g/mol. The van der Waals surface area contributed by atoms with Crippen LogP contribution in [0, 0.1) is 0 Å². The lowest BCUT2D eigenvalue weighted by atomic mass is 10.0. The van der Waals surface area contributed by atoms with Crippen molar-refractivity contribution in [2.45, 2.75) is 154 Å². The standard InChI is InChI=1S/C8H15ClO3.2C8H16.C6H10O2.C4H8ClO2.C2H4O.2Al.ClH.4H/c9-5-7-12-8(11)4-2-1-3-6-10;2*1-2-4-6-8-7-5-3-1;7-6-4-2-1-3-5-8-6;5-1-3-7-4-2-6;1-2-3-1;;;;;;;/h10H,1-7H2;2*1-8H2;1-5H2;1-4H2;1-2H2;;;1H;;;;/q;;;;-1;;2*+1;;;;;/p-1. The SMILES string of the molecule is C1CCCCCCC1.C1CCCCCCC1.C1CO1.O=C(CCCCCO)OCCCl.O=C1CCCCCO1.[AlH2][Cl].[AlH2][O]CCOCCCl. The molecule has 0 spiro atoms. The Morgan fingerprint density at radius 2 is 1.08 bits per heavy atom. The Kier molecular flexibility index (Phi) is 58.6. The second-order valence-corrected chi connectivity index (χ2v) is 13.4. The number of rotatable bonds is 12. The highest BCUT2D eigenvalue weighted by atomic mass is 35.6. The zero-order chi connectivity index (χ0) is 36.7. The van der Waals surface area contributed by atoms with Gasteiger partial charge in [0.25, 0.3) is 0 Å². The Balaban J connectivity index is -0.000000524. The van der Waals surface area contributed by atoms with Gasteiger partial charge in [-0.15, -0.1) is 23.2 Å². The summed E-state index contributed by atoms with van der Waals surface area (Å²) in [6, 6.07) is 0. The monoisotopic (exact) mass is 792 g/mol. The van der Waals surface area contributed by atoms with Gasteiger partial charge in [-0.1, -0.05) is 109 Å². The van der Waals surface area contributed by atoms with Crippen LogP contribution < -0.4 is 0 Å². The van der Waals surface area contributed by atoms with Crippen molar-refractivity contribution in [3.8, 4) is 0 Å². The zero-order valence-corrected chi connectivity index (χ0v) is 37.7. The normalized spacial score (nSPS) is 16.9. The molecule has 13 heteroatoms. The first-order valence-electron chi connectivity index (χ1n) is 19.2. The van der Waals surface area contributed by atoms with Crippen LogP contribution >= 0.6 is 33.3 Å². The third-order valence-electron chi connectivity index (χ3n) is 7.52. The number of ether oxygens (including phenoxy) is 4. The summed E-state index contributed by atoms with van der Waals surface area (Å²) < 4.78 is 23.8. The minimum atomic E-state index is -0.200. The lowest BCUT2D eigenvalue weighted by Gasteiger charge is -2.05. The molecule has 4 rings (SSSR count). The van der Waals surface area contributed by atoms with Gasteiger partial charge in [-0.25, -0.2) is 0 Å². The predicted molar refractivity (Wildman–Crippen MR) is 212 cm³/mol. The molecule has 2 heterocycles. The number of aliphatic hydroxyl groups excluding tert-OH is 1. The van der Waals surface area contributed by atoms with Crippen LogP contribution in [0.4, 0.5) is 0 Å². The fourth-order valence-electron chi connectivity index (χ4n) is 4.72. The Bertz CT molecular complexity index is 544. The van der Waals surface area contributed by atoms with Gasteiger partial charge >= 0.3 is 43.9 Å². The molecule has 4 fully saturated rings. The number of aliphatic hydroxyl groups is 1. The fraction of sp³-hybridized carbons (Fsp3) is 0.944. The van der Waals surface area contributed by atoms with Gasteiger partial charge in [-0.05, 0) is 32.1 Å². The molecule has 49 heavy (non-hydrogen) atoms. The molecule has 0 aromatic heterocycles. The molecule has 2 aliphatic heterocycles. The molecule has 1 N–H and O–H groups in total. The summed E-state index contributed by atoms with van der Waals surface area (Å²) in [6.45, 7) is 5.14. The molecule has 2 saturated carbocycles. The van der Waals surface area contributed by atoms with Crippen LogP contribution in [0.1, 0.15) is 154 Å². The number of hydrogen-bond donors (Lipinski definition) is 1. The third-order valence-corrected chi connectivity index (χ3v) is 8.24. The van der Waals surface area contributed by atoms with Crippen LogP contribution in [0.25, 0.3) is 0 Å². The van der Waals surface area contributed by atoms with Crippen LogP contribution in [0.5, 0.6) is 0 Å². The smallest absolute Gasteiger partial charge is 0.410 e. The van der Waals surface area contributed by atoms with Crippen molar-refractivity contribution in [2.75, 3.05) is 64.6 Å². The third kappa shape index (κ3) is 61.1. The van der Waals surface area contributed by atoms with Crippen molar-refractivity contribution in [3.63, 3.8) is 0 Å². The van der Waals surface area contributed by atoms with Gasteiger partial charge < -0.3 is 27.8 Å². The van der Waals surface area contributed by atoms with E-state index < -0.39 is 0 Å².